The van der Waals surface area contributed by atoms with Crippen LogP contribution in [0.2, 0.25) is 0 Å². The average molecular weight is 474 g/mol. The molecule has 2 bridgehead atoms. The minimum Gasteiger partial charge on any atom is -0.389 e. The fourth-order valence-corrected chi connectivity index (χ4v) is 4.53. The van der Waals surface area contributed by atoms with Gasteiger partial charge in [-0.25, -0.2) is 9.37 Å². The predicted octanol–water partition coefficient (Wildman–Crippen LogP) is 5.27. The Morgan fingerprint density at radius 1 is 1.19 bits per heavy atom. The number of halogens is 5. The number of rotatable bonds is 5. The standard InChI is InChI=1S/C22H23F4N3O2.ClH/c1-21(2,31)10-28-20(30)14-9-27-19(18-12-4-3-11(7-12)17(14)18)29-13-5-6-16(23)15(8-13)22(24,25)26;/h5-6,8-9,11-12,31H,3-4,7,10H2,1-2H3,(H,27,29)(H,28,30);1H. The Balaban J connectivity index is 0.00000289. The predicted molar refractivity (Wildman–Crippen MR) is 114 cm³/mol. The molecule has 174 valence electrons. The number of benzene rings is 1. The number of hydrogen-bond donors (Lipinski definition) is 3. The number of anilines is 2. The van der Waals surface area contributed by atoms with Gasteiger partial charge in [0.1, 0.15) is 11.6 Å². The SMILES string of the molecule is CC(C)(O)CNC(=O)c1cnc(Nc2ccc(F)c(C(F)(F)F)c2)c2c1C1CCC2C1.Cl. The fourth-order valence-electron chi connectivity index (χ4n) is 4.53. The van der Waals surface area contributed by atoms with Crippen LogP contribution in [0.25, 0.3) is 0 Å². The van der Waals surface area contributed by atoms with Crippen LogP contribution in [0.15, 0.2) is 24.4 Å². The molecule has 0 radical (unpaired) electrons. The van der Waals surface area contributed by atoms with Gasteiger partial charge >= 0.3 is 6.18 Å². The molecule has 2 aliphatic carbocycles. The first kappa shape index (κ1) is 24.3. The first-order valence-corrected chi connectivity index (χ1v) is 10.1. The molecule has 0 aliphatic heterocycles. The van der Waals surface area contributed by atoms with E-state index in [0.29, 0.717) is 11.4 Å². The normalized spacial score (nSPS) is 19.3. The van der Waals surface area contributed by atoms with E-state index in [4.69, 9.17) is 0 Å². The minimum atomic E-state index is -4.81. The van der Waals surface area contributed by atoms with Crippen LogP contribution in [0.1, 0.15) is 72.0 Å². The monoisotopic (exact) mass is 473 g/mol. The molecule has 1 aromatic heterocycles. The summed E-state index contributed by atoms with van der Waals surface area (Å²) in [6, 6.07) is 2.73. The molecule has 1 fully saturated rings. The van der Waals surface area contributed by atoms with E-state index in [9.17, 15) is 27.5 Å². The second-order valence-electron chi connectivity index (χ2n) is 8.87. The molecule has 2 unspecified atom stereocenters. The largest absolute Gasteiger partial charge is 0.419 e. The Bertz CT molecular complexity index is 1040. The van der Waals surface area contributed by atoms with E-state index < -0.39 is 23.2 Å². The van der Waals surface area contributed by atoms with Crippen molar-refractivity contribution in [3.8, 4) is 0 Å². The number of nitrogens with zero attached hydrogens (tertiary/aromatic N) is 1. The van der Waals surface area contributed by atoms with Crippen molar-refractivity contribution in [2.75, 3.05) is 11.9 Å². The van der Waals surface area contributed by atoms with Gasteiger partial charge in [0.15, 0.2) is 0 Å². The third-order valence-electron chi connectivity index (χ3n) is 5.87. The quantitative estimate of drug-likeness (QED) is 0.517. The maximum absolute atomic E-state index is 13.6. The van der Waals surface area contributed by atoms with Gasteiger partial charge in [-0.3, -0.25) is 4.79 Å². The maximum Gasteiger partial charge on any atom is 0.419 e. The highest BCUT2D eigenvalue weighted by molar-refractivity contribution is 5.97. The van der Waals surface area contributed by atoms with Gasteiger partial charge in [-0.15, -0.1) is 12.4 Å². The van der Waals surface area contributed by atoms with Crippen LogP contribution in [0, 0.1) is 5.82 Å². The summed E-state index contributed by atoms with van der Waals surface area (Å²) in [6.07, 6.45) is -0.686. The van der Waals surface area contributed by atoms with E-state index in [1.807, 2.05) is 0 Å². The summed E-state index contributed by atoms with van der Waals surface area (Å²) in [5.74, 6) is -0.939. The van der Waals surface area contributed by atoms with Crippen LogP contribution >= 0.6 is 12.4 Å². The molecule has 2 aromatic rings. The van der Waals surface area contributed by atoms with Crippen molar-refractivity contribution >= 4 is 29.8 Å². The fraction of sp³-hybridized carbons (Fsp3) is 0.455. The Labute approximate surface area is 189 Å². The third-order valence-corrected chi connectivity index (χ3v) is 5.87. The van der Waals surface area contributed by atoms with Gasteiger partial charge in [0.05, 0.1) is 16.7 Å². The first-order valence-electron chi connectivity index (χ1n) is 10.1. The molecule has 3 N–H and O–H groups in total. The van der Waals surface area contributed by atoms with Crippen molar-refractivity contribution in [2.24, 2.45) is 0 Å². The molecule has 5 nitrogen and oxygen atoms in total. The highest BCUT2D eigenvalue weighted by Gasteiger charge is 2.42. The summed E-state index contributed by atoms with van der Waals surface area (Å²) < 4.78 is 52.8. The summed E-state index contributed by atoms with van der Waals surface area (Å²) in [7, 11) is 0. The van der Waals surface area contributed by atoms with Gasteiger partial charge in [-0.2, -0.15) is 13.2 Å². The number of hydrogen-bond acceptors (Lipinski definition) is 4. The molecule has 0 saturated heterocycles. The van der Waals surface area contributed by atoms with Crippen LogP contribution in [0.4, 0.5) is 29.1 Å². The molecular formula is C22H24ClF4N3O2. The second kappa shape index (κ2) is 8.51. The Kier molecular flexibility index (Phi) is 6.45. The number of nitrogens with one attached hydrogen (secondary N) is 2. The van der Waals surface area contributed by atoms with Gasteiger partial charge in [-0.1, -0.05) is 0 Å². The molecule has 1 saturated carbocycles. The topological polar surface area (TPSA) is 74.2 Å². The maximum atomic E-state index is 13.6. The number of amides is 1. The molecular weight excluding hydrogens is 450 g/mol. The zero-order valence-corrected chi connectivity index (χ0v) is 18.3. The number of aromatic nitrogens is 1. The Morgan fingerprint density at radius 3 is 2.47 bits per heavy atom. The summed E-state index contributed by atoms with van der Waals surface area (Å²) in [5.41, 5.74) is -0.216. The van der Waals surface area contributed by atoms with Crippen LogP contribution < -0.4 is 10.6 Å². The zero-order chi connectivity index (χ0) is 22.6. The van der Waals surface area contributed by atoms with Crippen LogP contribution in [-0.2, 0) is 6.18 Å². The van der Waals surface area contributed by atoms with E-state index in [1.54, 1.807) is 13.8 Å². The van der Waals surface area contributed by atoms with E-state index >= 15 is 0 Å². The lowest BCUT2D eigenvalue weighted by atomic mass is 9.89. The highest BCUT2D eigenvalue weighted by Crippen LogP contribution is 2.56. The van der Waals surface area contributed by atoms with E-state index in [1.165, 1.54) is 12.3 Å². The Hall–Kier alpha value is -2.39. The number of fused-ring (bicyclic) bond motifs is 5. The third kappa shape index (κ3) is 4.68. The molecule has 4 rings (SSSR count). The number of alkyl halides is 3. The number of carbonyl (C=O) groups excluding carboxylic acids is 1. The summed E-state index contributed by atoms with van der Waals surface area (Å²) >= 11 is 0. The van der Waals surface area contributed by atoms with Gasteiger partial charge in [-0.05, 0) is 68.7 Å². The van der Waals surface area contributed by atoms with Crippen LogP contribution in [0.5, 0.6) is 0 Å². The van der Waals surface area contributed by atoms with Crippen molar-refractivity contribution in [3.63, 3.8) is 0 Å². The smallest absolute Gasteiger partial charge is 0.389 e. The van der Waals surface area contributed by atoms with Crippen molar-refractivity contribution < 1.29 is 27.5 Å². The van der Waals surface area contributed by atoms with Crippen LogP contribution in [-0.4, -0.2) is 28.1 Å². The molecule has 1 amide bonds. The van der Waals surface area contributed by atoms with Crippen molar-refractivity contribution in [1.29, 1.82) is 0 Å². The summed E-state index contributed by atoms with van der Waals surface area (Å²) in [4.78, 5) is 17.1. The highest BCUT2D eigenvalue weighted by atomic mass is 35.5. The number of aliphatic hydroxyl groups is 1. The molecule has 1 heterocycles. The minimum absolute atomic E-state index is 0. The van der Waals surface area contributed by atoms with Crippen LogP contribution in [0.3, 0.4) is 0 Å². The lowest BCUT2D eigenvalue weighted by molar-refractivity contribution is -0.139. The summed E-state index contributed by atoms with van der Waals surface area (Å²) in [5, 5.41) is 15.5. The van der Waals surface area contributed by atoms with Gasteiger partial charge in [0.2, 0.25) is 0 Å². The Morgan fingerprint density at radius 2 is 1.84 bits per heavy atom. The van der Waals surface area contributed by atoms with Crippen molar-refractivity contribution in [3.05, 3.63) is 52.5 Å². The lowest BCUT2D eigenvalue weighted by Crippen LogP contribution is -2.38. The van der Waals surface area contributed by atoms with Crippen molar-refractivity contribution in [1.82, 2.24) is 10.3 Å². The van der Waals surface area contributed by atoms with E-state index in [2.05, 4.69) is 15.6 Å². The number of carbonyl (C=O) groups is 1. The van der Waals surface area contributed by atoms with Crippen molar-refractivity contribution in [2.45, 2.75) is 56.7 Å². The molecule has 1 aromatic carbocycles. The average Bonchev–Trinajstić information content (AvgIpc) is 3.29. The van der Waals surface area contributed by atoms with Gasteiger partial charge in [0, 0.05) is 24.0 Å². The molecule has 2 aliphatic rings. The molecule has 0 spiro atoms. The van der Waals surface area contributed by atoms with E-state index in [-0.39, 0.29) is 42.4 Å². The molecule has 10 heteroatoms. The lowest BCUT2D eigenvalue weighted by Gasteiger charge is -2.23. The second-order valence-corrected chi connectivity index (χ2v) is 8.87. The van der Waals surface area contributed by atoms with Gasteiger partial charge < -0.3 is 15.7 Å². The zero-order valence-electron chi connectivity index (χ0n) is 17.5. The molecule has 32 heavy (non-hydrogen) atoms. The first-order chi connectivity index (χ1) is 14.4. The number of pyridine rings is 1. The summed E-state index contributed by atoms with van der Waals surface area (Å²) in [6.45, 7) is 3.25. The van der Waals surface area contributed by atoms with Gasteiger partial charge in [0.25, 0.3) is 5.91 Å². The van der Waals surface area contributed by atoms with E-state index in [0.717, 1.165) is 42.5 Å². The molecule has 2 atom stereocenters.